The number of hydrogen-bond donors (Lipinski definition) is 1. The average molecular weight is 477 g/mol. The number of amides is 1. The van der Waals surface area contributed by atoms with Crippen LogP contribution in [0.1, 0.15) is 63.2 Å². The highest BCUT2D eigenvalue weighted by Gasteiger charge is 2.53. The van der Waals surface area contributed by atoms with Crippen LogP contribution in [0, 0.1) is 11.6 Å². The quantitative estimate of drug-likeness (QED) is 0.491. The predicted octanol–water partition coefficient (Wildman–Crippen LogP) is 5.29. The third kappa shape index (κ3) is 4.38. The summed E-state index contributed by atoms with van der Waals surface area (Å²) in [5, 5.41) is 2.96. The number of nitrogens with one attached hydrogen (secondary N) is 1. The molecular formula is C28H26F2N2O3. The van der Waals surface area contributed by atoms with E-state index < -0.39 is 11.8 Å². The zero-order chi connectivity index (χ0) is 24.7. The highest BCUT2D eigenvalue weighted by atomic mass is 19.1. The summed E-state index contributed by atoms with van der Waals surface area (Å²) in [5.41, 5.74) is 3.72. The van der Waals surface area contributed by atoms with Crippen LogP contribution in [0.4, 0.5) is 14.5 Å². The third-order valence-corrected chi connectivity index (χ3v) is 7.00. The molecule has 5 nitrogen and oxygen atoms in total. The molecule has 180 valence electrons. The van der Waals surface area contributed by atoms with E-state index in [1.165, 1.54) is 25.3 Å². The summed E-state index contributed by atoms with van der Waals surface area (Å²) in [4.78, 5) is 27.2. The zero-order valence-electron chi connectivity index (χ0n) is 19.6. The number of fused-ring (bicyclic) bond motifs is 2. The first-order chi connectivity index (χ1) is 16.8. The van der Waals surface area contributed by atoms with Crippen molar-refractivity contribution in [1.82, 2.24) is 5.32 Å². The Balaban J connectivity index is 1.43. The fourth-order valence-corrected chi connectivity index (χ4v) is 5.00. The number of carbonyl (C=O) groups is 2. The summed E-state index contributed by atoms with van der Waals surface area (Å²) in [6.45, 7) is 2.94. The number of hydrogen-bond acceptors (Lipinski definition) is 4. The molecule has 0 aromatic heterocycles. The number of carbonyl (C=O) groups excluding carboxylic acids is 2. The predicted molar refractivity (Wildman–Crippen MR) is 128 cm³/mol. The average Bonchev–Trinajstić information content (AvgIpc) is 3.56. The van der Waals surface area contributed by atoms with Crippen LogP contribution in [0.2, 0.25) is 0 Å². The summed E-state index contributed by atoms with van der Waals surface area (Å²) >= 11 is 0. The second kappa shape index (κ2) is 8.80. The Morgan fingerprint density at radius 3 is 2.46 bits per heavy atom. The monoisotopic (exact) mass is 476 g/mol. The standard InChI is InChI=1S/C28H26F2N2O3/c1-17(19-6-8-20(9-7-19)27(34)35-2)31-26(33)23-13-22(30)14-24-25(23)32(16-28(24)10-11-28)15-18-4-3-5-21(29)12-18/h3-9,12-14,17H,10-11,15-16H2,1-2H3,(H,31,33)/t17-/m0/s1. The van der Waals surface area contributed by atoms with E-state index in [9.17, 15) is 18.4 Å². The van der Waals surface area contributed by atoms with Crippen LogP contribution in [0.5, 0.6) is 0 Å². The van der Waals surface area contributed by atoms with Gasteiger partial charge in [0.2, 0.25) is 0 Å². The van der Waals surface area contributed by atoms with Crippen molar-refractivity contribution >= 4 is 17.6 Å². The molecule has 3 aromatic rings. The molecule has 1 aliphatic heterocycles. The molecule has 1 saturated carbocycles. The first kappa shape index (κ1) is 23.0. The molecule has 35 heavy (non-hydrogen) atoms. The second-order valence-corrected chi connectivity index (χ2v) is 9.42. The van der Waals surface area contributed by atoms with Crippen molar-refractivity contribution in [3.63, 3.8) is 0 Å². The Kier molecular flexibility index (Phi) is 5.79. The van der Waals surface area contributed by atoms with E-state index in [1.54, 1.807) is 36.4 Å². The normalized spacial score (nSPS) is 16.1. The maximum Gasteiger partial charge on any atom is 0.337 e. The summed E-state index contributed by atoms with van der Waals surface area (Å²) in [5.74, 6) is -1.57. The van der Waals surface area contributed by atoms with E-state index in [2.05, 4.69) is 10.2 Å². The van der Waals surface area contributed by atoms with Crippen LogP contribution >= 0.6 is 0 Å². The van der Waals surface area contributed by atoms with Crippen molar-refractivity contribution in [2.45, 2.75) is 37.8 Å². The van der Waals surface area contributed by atoms with Gasteiger partial charge in [-0.1, -0.05) is 24.3 Å². The van der Waals surface area contributed by atoms with Crippen molar-refractivity contribution in [2.75, 3.05) is 18.6 Å². The molecule has 1 heterocycles. The van der Waals surface area contributed by atoms with Gasteiger partial charge in [-0.2, -0.15) is 0 Å². The molecule has 1 fully saturated rings. The van der Waals surface area contributed by atoms with Gasteiger partial charge in [0.25, 0.3) is 5.91 Å². The molecule has 1 atom stereocenters. The van der Waals surface area contributed by atoms with Gasteiger partial charge in [0.1, 0.15) is 11.6 Å². The molecule has 3 aromatic carbocycles. The lowest BCUT2D eigenvalue weighted by molar-refractivity contribution is 0.0600. The molecule has 1 amide bonds. The lowest BCUT2D eigenvalue weighted by atomic mass is 9.95. The molecule has 0 saturated heterocycles. The second-order valence-electron chi connectivity index (χ2n) is 9.42. The molecule has 7 heteroatoms. The van der Waals surface area contributed by atoms with Gasteiger partial charge in [0.15, 0.2) is 0 Å². The maximum atomic E-state index is 14.7. The van der Waals surface area contributed by atoms with E-state index in [0.29, 0.717) is 18.7 Å². The van der Waals surface area contributed by atoms with Crippen LogP contribution in [-0.2, 0) is 16.7 Å². The first-order valence-electron chi connectivity index (χ1n) is 11.6. The molecule has 1 N–H and O–H groups in total. The molecule has 0 radical (unpaired) electrons. The molecule has 2 aliphatic rings. The van der Waals surface area contributed by atoms with E-state index in [-0.39, 0.29) is 28.7 Å². The minimum absolute atomic E-state index is 0.144. The molecular weight excluding hydrogens is 450 g/mol. The van der Waals surface area contributed by atoms with Gasteiger partial charge in [0, 0.05) is 18.5 Å². The van der Waals surface area contributed by atoms with Gasteiger partial charge >= 0.3 is 5.97 Å². The summed E-state index contributed by atoms with van der Waals surface area (Å²) in [6.07, 6.45) is 1.88. The first-order valence-corrected chi connectivity index (χ1v) is 11.6. The summed E-state index contributed by atoms with van der Waals surface area (Å²) < 4.78 is 33.2. The summed E-state index contributed by atoms with van der Waals surface area (Å²) in [6, 6.07) is 15.6. The molecule has 1 spiro atoms. The van der Waals surface area contributed by atoms with E-state index in [4.69, 9.17) is 4.74 Å². The Bertz CT molecular complexity index is 1300. The van der Waals surface area contributed by atoms with Crippen molar-refractivity contribution in [3.05, 3.63) is 100 Å². The SMILES string of the molecule is COC(=O)c1ccc([C@H](C)NC(=O)c2cc(F)cc3c2N(Cc2cccc(F)c2)CC32CC2)cc1. The fraction of sp³-hybridized carbons (Fsp3) is 0.286. The number of rotatable bonds is 6. The van der Waals surface area contributed by atoms with Crippen LogP contribution in [0.15, 0.2) is 60.7 Å². The van der Waals surface area contributed by atoms with Gasteiger partial charge < -0.3 is 15.0 Å². The zero-order valence-corrected chi connectivity index (χ0v) is 19.6. The molecule has 1 aliphatic carbocycles. The molecule has 5 rings (SSSR count). The number of halogens is 2. The van der Waals surface area contributed by atoms with E-state index in [0.717, 1.165) is 35.2 Å². The topological polar surface area (TPSA) is 58.6 Å². The highest BCUT2D eigenvalue weighted by Crippen LogP contribution is 2.57. The Morgan fingerprint density at radius 2 is 1.80 bits per heavy atom. The van der Waals surface area contributed by atoms with E-state index in [1.807, 2.05) is 13.0 Å². The van der Waals surface area contributed by atoms with Gasteiger partial charge in [-0.3, -0.25) is 4.79 Å². The maximum absolute atomic E-state index is 14.7. The highest BCUT2D eigenvalue weighted by molar-refractivity contribution is 6.02. The number of nitrogens with zero attached hydrogens (tertiary/aromatic N) is 1. The number of anilines is 1. The smallest absolute Gasteiger partial charge is 0.337 e. The largest absolute Gasteiger partial charge is 0.465 e. The lowest BCUT2D eigenvalue weighted by Gasteiger charge is -2.23. The van der Waals surface area contributed by atoms with E-state index >= 15 is 0 Å². The minimum atomic E-state index is -0.442. The fourth-order valence-electron chi connectivity index (χ4n) is 5.00. The number of methoxy groups -OCH3 is 1. The van der Waals surface area contributed by atoms with Gasteiger partial charge in [-0.05, 0) is 72.9 Å². The van der Waals surface area contributed by atoms with Crippen molar-refractivity contribution in [1.29, 1.82) is 0 Å². The van der Waals surface area contributed by atoms with Crippen LogP contribution in [0.25, 0.3) is 0 Å². The van der Waals surface area contributed by atoms with Crippen LogP contribution in [0.3, 0.4) is 0 Å². The third-order valence-electron chi connectivity index (χ3n) is 7.00. The van der Waals surface area contributed by atoms with Gasteiger partial charge in [-0.15, -0.1) is 0 Å². The van der Waals surface area contributed by atoms with Crippen molar-refractivity contribution in [2.24, 2.45) is 0 Å². The summed E-state index contributed by atoms with van der Waals surface area (Å²) in [7, 11) is 1.32. The Morgan fingerprint density at radius 1 is 1.06 bits per heavy atom. The lowest BCUT2D eigenvalue weighted by Crippen LogP contribution is -2.30. The minimum Gasteiger partial charge on any atom is -0.465 e. The van der Waals surface area contributed by atoms with Gasteiger partial charge in [-0.25, -0.2) is 13.6 Å². The van der Waals surface area contributed by atoms with Crippen LogP contribution < -0.4 is 10.2 Å². The Labute approximate surface area is 202 Å². The van der Waals surface area contributed by atoms with Crippen LogP contribution in [-0.4, -0.2) is 25.5 Å². The molecule has 0 unspecified atom stereocenters. The van der Waals surface area contributed by atoms with Crippen molar-refractivity contribution < 1.29 is 23.1 Å². The Hall–Kier alpha value is -3.74. The number of esters is 1. The number of benzene rings is 3. The molecule has 0 bridgehead atoms. The number of ether oxygens (including phenoxy) is 1. The van der Waals surface area contributed by atoms with Crippen molar-refractivity contribution in [3.8, 4) is 0 Å². The van der Waals surface area contributed by atoms with Gasteiger partial charge in [0.05, 0.1) is 30.0 Å².